The maximum absolute atomic E-state index is 12.1. The average molecular weight is 288 g/mol. The third kappa shape index (κ3) is 3.45. The zero-order chi connectivity index (χ0) is 14.5. The number of rotatable bonds is 5. The highest BCUT2D eigenvalue weighted by Crippen LogP contribution is 2.22. The summed E-state index contributed by atoms with van der Waals surface area (Å²) in [6, 6.07) is 7.03. The number of carbonyl (C=O) groups is 1. The Bertz CT molecular complexity index is 615. The van der Waals surface area contributed by atoms with Crippen LogP contribution < -0.4 is 10.1 Å². The van der Waals surface area contributed by atoms with Gasteiger partial charge in [-0.05, 0) is 32.0 Å². The molecule has 0 unspecified atom stereocenters. The number of benzene rings is 1. The highest BCUT2D eigenvalue weighted by Gasteiger charge is 2.10. The third-order valence-corrected chi connectivity index (χ3v) is 3.70. The van der Waals surface area contributed by atoms with Gasteiger partial charge < -0.3 is 4.74 Å². The minimum atomic E-state index is -0.192. The van der Waals surface area contributed by atoms with Gasteiger partial charge in [0, 0.05) is 10.4 Å². The lowest BCUT2D eigenvalue weighted by Crippen LogP contribution is -2.11. The van der Waals surface area contributed by atoms with Crippen LogP contribution in [0.5, 0.6) is 5.75 Å². The molecule has 1 N–H and O–H groups in total. The molecule has 0 spiro atoms. The number of ether oxygens (including phenoxy) is 1. The average Bonchev–Trinajstić information content (AvgIpc) is 2.75. The Morgan fingerprint density at radius 3 is 2.95 bits per heavy atom. The molecule has 2 rings (SSSR count). The van der Waals surface area contributed by atoms with Gasteiger partial charge in [-0.15, -0.1) is 11.3 Å². The van der Waals surface area contributed by atoms with E-state index in [9.17, 15) is 4.79 Å². The number of hydrogen-bond donors (Lipinski definition) is 1. The van der Waals surface area contributed by atoms with Crippen molar-refractivity contribution in [3.8, 4) is 5.75 Å². The lowest BCUT2D eigenvalue weighted by Gasteiger charge is -2.06. The van der Waals surface area contributed by atoms with E-state index in [2.05, 4.69) is 16.9 Å². The van der Waals surface area contributed by atoms with Gasteiger partial charge in [0.25, 0.3) is 5.91 Å². The minimum absolute atomic E-state index is 0.192. The molecular formula is C15H16N2O2S. The number of hydrogen-bond acceptors (Lipinski definition) is 4. The zero-order valence-corrected chi connectivity index (χ0v) is 12.3. The van der Waals surface area contributed by atoms with E-state index in [0.29, 0.717) is 23.1 Å². The second-order valence-corrected chi connectivity index (χ2v) is 5.45. The first-order valence-corrected chi connectivity index (χ1v) is 7.01. The summed E-state index contributed by atoms with van der Waals surface area (Å²) in [6.45, 7) is 7.90. The predicted molar refractivity (Wildman–Crippen MR) is 81.7 cm³/mol. The van der Waals surface area contributed by atoms with Crippen LogP contribution in [0.25, 0.3) is 0 Å². The van der Waals surface area contributed by atoms with Gasteiger partial charge in [0.15, 0.2) is 5.13 Å². The van der Waals surface area contributed by atoms with E-state index in [1.165, 1.54) is 11.3 Å². The molecule has 0 saturated heterocycles. The van der Waals surface area contributed by atoms with Gasteiger partial charge in [-0.2, -0.15) is 0 Å². The van der Waals surface area contributed by atoms with E-state index in [1.54, 1.807) is 30.3 Å². The Hall–Kier alpha value is -2.14. The molecule has 0 saturated carbocycles. The van der Waals surface area contributed by atoms with Crippen LogP contribution in [0, 0.1) is 13.8 Å². The van der Waals surface area contributed by atoms with E-state index >= 15 is 0 Å². The number of aryl methyl sites for hydroxylation is 2. The second kappa shape index (κ2) is 6.34. The molecule has 2 aromatic rings. The molecule has 1 amide bonds. The first-order chi connectivity index (χ1) is 9.60. The number of anilines is 1. The van der Waals surface area contributed by atoms with Crippen LogP contribution in [-0.2, 0) is 0 Å². The summed E-state index contributed by atoms with van der Waals surface area (Å²) in [5.74, 6) is 0.451. The van der Waals surface area contributed by atoms with Crippen molar-refractivity contribution in [1.29, 1.82) is 0 Å². The van der Waals surface area contributed by atoms with E-state index in [4.69, 9.17) is 4.74 Å². The van der Waals surface area contributed by atoms with Crippen LogP contribution >= 0.6 is 11.3 Å². The van der Waals surface area contributed by atoms with Gasteiger partial charge >= 0.3 is 0 Å². The molecule has 5 heteroatoms. The lowest BCUT2D eigenvalue weighted by atomic mass is 10.2. The molecule has 0 bridgehead atoms. The summed E-state index contributed by atoms with van der Waals surface area (Å²) >= 11 is 1.47. The highest BCUT2D eigenvalue weighted by molar-refractivity contribution is 7.15. The molecule has 1 aromatic carbocycles. The van der Waals surface area contributed by atoms with Crippen molar-refractivity contribution in [2.24, 2.45) is 0 Å². The molecule has 104 valence electrons. The first kappa shape index (κ1) is 14.3. The Labute approximate surface area is 122 Å². The molecule has 0 aliphatic heterocycles. The summed E-state index contributed by atoms with van der Waals surface area (Å²) in [4.78, 5) is 17.5. The fourth-order valence-corrected chi connectivity index (χ4v) is 2.39. The maximum atomic E-state index is 12.1. The van der Waals surface area contributed by atoms with Crippen molar-refractivity contribution in [1.82, 2.24) is 4.98 Å². The van der Waals surface area contributed by atoms with E-state index in [-0.39, 0.29) is 5.91 Å². The Morgan fingerprint density at radius 1 is 1.50 bits per heavy atom. The summed E-state index contributed by atoms with van der Waals surface area (Å²) in [5, 5.41) is 3.41. The number of thiazole rings is 1. The molecule has 0 fully saturated rings. The molecule has 4 nitrogen and oxygen atoms in total. The van der Waals surface area contributed by atoms with Crippen molar-refractivity contribution in [3.05, 3.63) is 53.1 Å². The highest BCUT2D eigenvalue weighted by atomic mass is 32.1. The molecule has 0 aliphatic carbocycles. The van der Waals surface area contributed by atoms with Crippen LogP contribution in [0.4, 0.5) is 5.13 Å². The SMILES string of the molecule is C=CCOc1cccc(C(=O)Nc2nc(C)c(C)s2)c1. The molecular weight excluding hydrogens is 272 g/mol. The van der Waals surface area contributed by atoms with E-state index < -0.39 is 0 Å². The van der Waals surface area contributed by atoms with Gasteiger partial charge in [0.1, 0.15) is 12.4 Å². The number of nitrogens with one attached hydrogen (secondary N) is 1. The van der Waals surface area contributed by atoms with Gasteiger partial charge in [0.05, 0.1) is 5.69 Å². The van der Waals surface area contributed by atoms with E-state index in [1.807, 2.05) is 13.8 Å². The second-order valence-electron chi connectivity index (χ2n) is 4.24. The van der Waals surface area contributed by atoms with Crippen molar-refractivity contribution in [3.63, 3.8) is 0 Å². The van der Waals surface area contributed by atoms with Crippen LogP contribution in [0.15, 0.2) is 36.9 Å². The van der Waals surface area contributed by atoms with Crippen molar-refractivity contribution >= 4 is 22.4 Å². The van der Waals surface area contributed by atoms with Crippen LogP contribution in [0.3, 0.4) is 0 Å². The number of amides is 1. The Kier molecular flexibility index (Phi) is 4.53. The minimum Gasteiger partial charge on any atom is -0.490 e. The van der Waals surface area contributed by atoms with Gasteiger partial charge in [0.2, 0.25) is 0 Å². The topological polar surface area (TPSA) is 51.2 Å². The fourth-order valence-electron chi connectivity index (χ4n) is 1.58. The third-order valence-electron chi connectivity index (χ3n) is 2.71. The number of carbonyl (C=O) groups excluding carboxylic acids is 1. The van der Waals surface area contributed by atoms with Gasteiger partial charge in [-0.3, -0.25) is 10.1 Å². The molecule has 20 heavy (non-hydrogen) atoms. The largest absolute Gasteiger partial charge is 0.490 e. The molecule has 0 aliphatic rings. The van der Waals surface area contributed by atoms with Gasteiger partial charge in [-0.25, -0.2) is 4.98 Å². The lowest BCUT2D eigenvalue weighted by molar-refractivity contribution is 0.102. The van der Waals surface area contributed by atoms with Crippen molar-refractivity contribution in [2.45, 2.75) is 13.8 Å². The van der Waals surface area contributed by atoms with Gasteiger partial charge in [-0.1, -0.05) is 18.7 Å². The quantitative estimate of drug-likeness (QED) is 0.856. The van der Waals surface area contributed by atoms with Crippen molar-refractivity contribution in [2.75, 3.05) is 11.9 Å². The summed E-state index contributed by atoms with van der Waals surface area (Å²) < 4.78 is 5.41. The zero-order valence-electron chi connectivity index (χ0n) is 11.5. The predicted octanol–water partition coefficient (Wildman–Crippen LogP) is 3.58. The maximum Gasteiger partial charge on any atom is 0.257 e. The fraction of sp³-hybridized carbons (Fsp3) is 0.200. The molecule has 0 atom stereocenters. The van der Waals surface area contributed by atoms with Crippen LogP contribution in [0.2, 0.25) is 0 Å². The Balaban J connectivity index is 2.10. The molecule has 1 heterocycles. The van der Waals surface area contributed by atoms with E-state index in [0.717, 1.165) is 10.6 Å². The standard InChI is InChI=1S/C15H16N2O2S/c1-4-8-19-13-7-5-6-12(9-13)14(18)17-15-16-10(2)11(3)20-15/h4-7,9H,1,8H2,2-3H3,(H,16,17,18). The normalized spacial score (nSPS) is 10.1. The monoisotopic (exact) mass is 288 g/mol. The summed E-state index contributed by atoms with van der Waals surface area (Å²) in [6.07, 6.45) is 1.66. The number of nitrogens with zero attached hydrogens (tertiary/aromatic N) is 1. The number of aromatic nitrogens is 1. The van der Waals surface area contributed by atoms with Crippen molar-refractivity contribution < 1.29 is 9.53 Å². The van der Waals surface area contributed by atoms with Crippen LogP contribution in [-0.4, -0.2) is 17.5 Å². The molecule has 1 aromatic heterocycles. The van der Waals surface area contributed by atoms with Crippen LogP contribution in [0.1, 0.15) is 20.9 Å². The first-order valence-electron chi connectivity index (χ1n) is 6.19. The molecule has 0 radical (unpaired) electrons. The smallest absolute Gasteiger partial charge is 0.257 e. The Morgan fingerprint density at radius 2 is 2.30 bits per heavy atom. The summed E-state index contributed by atoms with van der Waals surface area (Å²) in [7, 11) is 0. The summed E-state index contributed by atoms with van der Waals surface area (Å²) in [5.41, 5.74) is 1.48.